The average molecular weight is 321 g/mol. The first-order chi connectivity index (χ1) is 10.9. The molecule has 1 saturated carbocycles. The van der Waals surface area contributed by atoms with Crippen LogP contribution in [0.3, 0.4) is 0 Å². The number of hydrogen-bond donors (Lipinski definition) is 1. The highest BCUT2D eigenvalue weighted by molar-refractivity contribution is 5.97. The van der Waals surface area contributed by atoms with E-state index in [1.807, 2.05) is 32.6 Å². The monoisotopic (exact) mass is 321 g/mol. The Morgan fingerprint density at radius 2 is 1.96 bits per heavy atom. The van der Waals surface area contributed by atoms with Crippen molar-refractivity contribution in [1.82, 2.24) is 4.90 Å². The Bertz CT molecular complexity index is 596. The van der Waals surface area contributed by atoms with E-state index in [2.05, 4.69) is 0 Å². The van der Waals surface area contributed by atoms with Gasteiger partial charge in [0.2, 0.25) is 0 Å². The molecule has 3 rings (SSSR count). The molecule has 1 aromatic rings. The summed E-state index contributed by atoms with van der Waals surface area (Å²) < 4.78 is 11.4. The number of piperidine rings is 1. The predicted molar refractivity (Wildman–Crippen MR) is 86.5 cm³/mol. The third-order valence-electron chi connectivity index (χ3n) is 5.87. The van der Waals surface area contributed by atoms with Gasteiger partial charge in [-0.1, -0.05) is 0 Å². The summed E-state index contributed by atoms with van der Waals surface area (Å²) in [5.74, 6) is 1.56. The zero-order valence-corrected chi connectivity index (χ0v) is 14.5. The lowest BCUT2D eigenvalue weighted by atomic mass is 9.58. The standard InChI is InChI=1S/C18H27NO4/c1-5-22-15-10-14(20)18(15)6-8-19(9-7-18)17(21)16-11(2)12(3)23-13(16)4/h14-15,20H,5-10H2,1-4H3/t14-,15+/m0/s1. The van der Waals surface area contributed by atoms with Crippen molar-refractivity contribution in [2.24, 2.45) is 5.41 Å². The SMILES string of the molecule is CCO[C@@H]1C[C@H](O)C12CCN(C(=O)c1c(C)oc(C)c1C)CC2. The van der Waals surface area contributed by atoms with Gasteiger partial charge in [-0.05, 0) is 40.5 Å². The molecule has 5 heteroatoms. The summed E-state index contributed by atoms with van der Waals surface area (Å²) in [5, 5.41) is 10.3. The molecule has 23 heavy (non-hydrogen) atoms. The molecule has 0 bridgehead atoms. The molecule has 1 amide bonds. The summed E-state index contributed by atoms with van der Waals surface area (Å²) in [7, 11) is 0. The zero-order valence-electron chi connectivity index (χ0n) is 14.5. The van der Waals surface area contributed by atoms with Crippen LogP contribution in [0.4, 0.5) is 0 Å². The van der Waals surface area contributed by atoms with Gasteiger partial charge in [0.05, 0.1) is 17.8 Å². The lowest BCUT2D eigenvalue weighted by Gasteiger charge is -2.56. The van der Waals surface area contributed by atoms with Crippen molar-refractivity contribution >= 4 is 5.91 Å². The van der Waals surface area contributed by atoms with Gasteiger partial charge in [-0.2, -0.15) is 0 Å². The summed E-state index contributed by atoms with van der Waals surface area (Å²) >= 11 is 0. The molecule has 2 aliphatic rings. The van der Waals surface area contributed by atoms with Crippen molar-refractivity contribution in [2.75, 3.05) is 19.7 Å². The first-order valence-corrected chi connectivity index (χ1v) is 8.56. The van der Waals surface area contributed by atoms with E-state index in [1.54, 1.807) is 0 Å². The smallest absolute Gasteiger partial charge is 0.257 e. The van der Waals surface area contributed by atoms with Gasteiger partial charge in [-0.25, -0.2) is 0 Å². The molecule has 0 unspecified atom stereocenters. The van der Waals surface area contributed by atoms with E-state index in [9.17, 15) is 9.90 Å². The maximum absolute atomic E-state index is 12.8. The zero-order chi connectivity index (χ0) is 16.8. The van der Waals surface area contributed by atoms with Crippen LogP contribution in [0, 0.1) is 26.2 Å². The number of amides is 1. The van der Waals surface area contributed by atoms with E-state index >= 15 is 0 Å². The number of carbonyl (C=O) groups is 1. The van der Waals surface area contributed by atoms with Gasteiger partial charge in [-0.15, -0.1) is 0 Å². The topological polar surface area (TPSA) is 62.9 Å². The molecule has 128 valence electrons. The van der Waals surface area contributed by atoms with E-state index in [0.717, 1.165) is 30.6 Å². The molecule has 1 N–H and O–H groups in total. The van der Waals surface area contributed by atoms with Crippen LogP contribution < -0.4 is 0 Å². The minimum Gasteiger partial charge on any atom is -0.466 e. The van der Waals surface area contributed by atoms with Gasteiger partial charge >= 0.3 is 0 Å². The van der Waals surface area contributed by atoms with E-state index in [-0.39, 0.29) is 23.5 Å². The number of ether oxygens (including phenoxy) is 1. The number of hydrogen-bond acceptors (Lipinski definition) is 4. The van der Waals surface area contributed by atoms with Crippen LogP contribution in [-0.4, -0.2) is 47.8 Å². The fourth-order valence-corrected chi connectivity index (χ4v) is 4.21. The molecular weight excluding hydrogens is 294 g/mol. The van der Waals surface area contributed by atoms with E-state index in [4.69, 9.17) is 9.15 Å². The van der Waals surface area contributed by atoms with Gasteiger partial charge in [-0.3, -0.25) is 4.79 Å². The minimum absolute atomic E-state index is 0.0495. The first kappa shape index (κ1) is 16.5. The van der Waals surface area contributed by atoms with Crippen molar-refractivity contribution < 1.29 is 19.1 Å². The Kier molecular flexibility index (Phi) is 4.27. The number of rotatable bonds is 3. The number of likely N-dealkylation sites (tertiary alicyclic amines) is 1. The largest absolute Gasteiger partial charge is 0.466 e. The lowest BCUT2D eigenvalue weighted by Crippen LogP contribution is -2.62. The summed E-state index contributed by atoms with van der Waals surface area (Å²) in [4.78, 5) is 14.7. The number of aryl methyl sites for hydroxylation is 2. The second kappa shape index (κ2) is 5.95. The number of furan rings is 1. The van der Waals surface area contributed by atoms with Crippen LogP contribution in [0.1, 0.15) is 53.6 Å². The molecule has 2 fully saturated rings. The van der Waals surface area contributed by atoms with Gasteiger partial charge < -0.3 is 19.2 Å². The Balaban J connectivity index is 1.70. The molecule has 0 radical (unpaired) electrons. The van der Waals surface area contributed by atoms with Crippen molar-refractivity contribution in [3.63, 3.8) is 0 Å². The van der Waals surface area contributed by atoms with Crippen molar-refractivity contribution in [1.29, 1.82) is 0 Å². The van der Waals surface area contributed by atoms with E-state index in [1.165, 1.54) is 0 Å². The van der Waals surface area contributed by atoms with Crippen LogP contribution in [-0.2, 0) is 4.74 Å². The van der Waals surface area contributed by atoms with Gasteiger partial charge in [0, 0.05) is 37.1 Å². The summed E-state index contributed by atoms with van der Waals surface area (Å²) in [6.45, 7) is 9.68. The molecule has 1 saturated heterocycles. The molecule has 5 nitrogen and oxygen atoms in total. The Hall–Kier alpha value is -1.33. The first-order valence-electron chi connectivity index (χ1n) is 8.56. The quantitative estimate of drug-likeness (QED) is 0.929. The average Bonchev–Trinajstić information content (AvgIpc) is 2.79. The Labute approximate surface area is 137 Å². The van der Waals surface area contributed by atoms with Gasteiger partial charge in [0.25, 0.3) is 5.91 Å². The summed E-state index contributed by atoms with van der Waals surface area (Å²) in [6, 6.07) is 0. The summed E-state index contributed by atoms with van der Waals surface area (Å²) in [5.41, 5.74) is 1.49. The van der Waals surface area contributed by atoms with Crippen LogP contribution in [0.25, 0.3) is 0 Å². The van der Waals surface area contributed by atoms with Crippen LogP contribution in [0.15, 0.2) is 4.42 Å². The highest BCUT2D eigenvalue weighted by Crippen LogP contribution is 2.51. The van der Waals surface area contributed by atoms with E-state index in [0.29, 0.717) is 31.0 Å². The molecule has 1 spiro atoms. The van der Waals surface area contributed by atoms with Gasteiger partial charge in [0.15, 0.2) is 0 Å². The van der Waals surface area contributed by atoms with E-state index < -0.39 is 0 Å². The van der Waals surface area contributed by atoms with Crippen molar-refractivity contribution in [3.05, 3.63) is 22.6 Å². The second-order valence-electron chi connectivity index (χ2n) is 6.94. The predicted octanol–water partition coefficient (Wildman–Crippen LogP) is 2.60. The molecule has 1 aliphatic heterocycles. The third-order valence-corrected chi connectivity index (χ3v) is 5.87. The molecular formula is C18H27NO4. The maximum Gasteiger partial charge on any atom is 0.257 e. The van der Waals surface area contributed by atoms with Gasteiger partial charge in [0.1, 0.15) is 11.5 Å². The molecule has 1 aromatic heterocycles. The molecule has 0 aromatic carbocycles. The fourth-order valence-electron chi connectivity index (χ4n) is 4.21. The Morgan fingerprint density at radius 3 is 2.43 bits per heavy atom. The number of aliphatic hydroxyl groups excluding tert-OH is 1. The second-order valence-corrected chi connectivity index (χ2v) is 6.94. The van der Waals surface area contributed by atoms with Crippen molar-refractivity contribution in [3.8, 4) is 0 Å². The molecule has 1 aliphatic carbocycles. The minimum atomic E-state index is -0.295. The molecule has 2 atom stereocenters. The molecule has 2 heterocycles. The number of carbonyl (C=O) groups excluding carboxylic acids is 1. The number of aliphatic hydroxyl groups is 1. The van der Waals surface area contributed by atoms with Crippen LogP contribution in [0.2, 0.25) is 0 Å². The summed E-state index contributed by atoms with van der Waals surface area (Å²) in [6.07, 6.45) is 2.18. The van der Waals surface area contributed by atoms with Crippen LogP contribution >= 0.6 is 0 Å². The normalized spacial score (nSPS) is 26.4. The lowest BCUT2D eigenvalue weighted by molar-refractivity contribution is -0.207. The third kappa shape index (κ3) is 2.50. The fraction of sp³-hybridized carbons (Fsp3) is 0.722. The highest BCUT2D eigenvalue weighted by atomic mass is 16.5. The highest BCUT2D eigenvalue weighted by Gasteiger charge is 2.56. The Morgan fingerprint density at radius 1 is 1.30 bits per heavy atom. The maximum atomic E-state index is 12.8. The van der Waals surface area contributed by atoms with Crippen molar-refractivity contribution in [2.45, 2.75) is 59.2 Å². The number of nitrogens with zero attached hydrogens (tertiary/aromatic N) is 1. The van der Waals surface area contributed by atoms with Crippen LogP contribution in [0.5, 0.6) is 0 Å².